The van der Waals surface area contributed by atoms with Crippen LogP contribution in [-0.2, 0) is 10.2 Å². The van der Waals surface area contributed by atoms with Gasteiger partial charge < -0.3 is 14.4 Å². The van der Waals surface area contributed by atoms with Gasteiger partial charge in [-0.15, -0.1) is 0 Å². The zero-order chi connectivity index (χ0) is 39.8. The highest BCUT2D eigenvalue weighted by molar-refractivity contribution is 6.37. The summed E-state index contributed by atoms with van der Waals surface area (Å²) in [5.74, 6) is 0.856. The second-order valence-corrected chi connectivity index (χ2v) is 17.6. The minimum atomic E-state index is -0.543. The van der Waals surface area contributed by atoms with Gasteiger partial charge in [-0.2, -0.15) is 15.1 Å². The van der Waals surface area contributed by atoms with Crippen molar-refractivity contribution in [3.05, 3.63) is 59.0 Å². The maximum Gasteiger partial charge on any atom is 0.410 e. The summed E-state index contributed by atoms with van der Waals surface area (Å²) < 4.78 is 33.6. The molecule has 11 nitrogen and oxygen atoms in total. The first kappa shape index (κ1) is 37.9. The molecule has 4 unspecified atom stereocenters. The van der Waals surface area contributed by atoms with Gasteiger partial charge in [-0.1, -0.05) is 23.7 Å². The highest BCUT2D eigenvalue weighted by atomic mass is 35.5. The van der Waals surface area contributed by atoms with Crippen molar-refractivity contribution >= 4 is 45.2 Å². The molecule has 2 aliphatic carbocycles. The number of H-pyrrole nitrogens is 1. The first-order valence-electron chi connectivity index (χ1n) is 20.1. The van der Waals surface area contributed by atoms with Crippen LogP contribution in [0.15, 0.2) is 42.7 Å². The number of rotatable bonds is 3. The van der Waals surface area contributed by atoms with Crippen molar-refractivity contribution in [1.82, 2.24) is 34.9 Å². The zero-order valence-electron chi connectivity index (χ0n) is 33.1. The number of anilines is 1. The van der Waals surface area contributed by atoms with E-state index in [1.54, 1.807) is 7.11 Å². The van der Waals surface area contributed by atoms with Crippen molar-refractivity contribution in [1.29, 1.82) is 0 Å². The number of alkyl halides is 2. The van der Waals surface area contributed by atoms with Crippen molar-refractivity contribution in [3.63, 3.8) is 0 Å². The molecule has 1 amide bonds. The van der Waals surface area contributed by atoms with Crippen LogP contribution in [0.1, 0.15) is 77.0 Å². The monoisotopic (exact) mass is 798 g/mol. The van der Waals surface area contributed by atoms with Gasteiger partial charge in [0, 0.05) is 64.2 Å². The smallest absolute Gasteiger partial charge is 0.410 e. The summed E-state index contributed by atoms with van der Waals surface area (Å²) in [5.41, 5.74) is 6.27. The molecule has 300 valence electrons. The number of carbonyl (C=O) groups excluding carboxylic acids is 1. The number of carbonyl (C=O) groups is 1. The number of piperazine rings is 1. The van der Waals surface area contributed by atoms with Crippen molar-refractivity contribution in [2.24, 2.45) is 0 Å². The number of nitrogens with one attached hydrogen (secondary N) is 1. The molecule has 3 aromatic heterocycles. The first-order valence-corrected chi connectivity index (χ1v) is 20.4. The Hall–Kier alpha value is -4.62. The standard InChI is InChI=1S/C35H34ClN7O3.C7H12FN.CH3F/c1-34(2,3)46-33(44)43-19-8-9-20(43)17-42(16-19)31-27-21-10-13-37-29(28(21)35(11-12-35)30(27)39-32(40-31)45-4)26-22-15-38-41-24(22)14-18-6-5-7-23(36)25(18)26;8-6-4-7-2-1-3-9(7)5-6;1-2/h5-7,10,13-15,19-20H,8-9,11-12,16-17H2,1-4H3,(H,38,41);6-7H,1-5H2;1H3. The number of pyridine rings is 1. The van der Waals surface area contributed by atoms with Crippen LogP contribution in [0.25, 0.3) is 44.1 Å². The predicted molar refractivity (Wildman–Crippen MR) is 218 cm³/mol. The van der Waals surface area contributed by atoms with Gasteiger partial charge in [0.2, 0.25) is 0 Å². The number of hydrogen-bond acceptors (Lipinski definition) is 9. The molecule has 2 aromatic carbocycles. The van der Waals surface area contributed by atoms with E-state index in [0.29, 0.717) is 43.9 Å². The fourth-order valence-electron chi connectivity index (χ4n) is 10.2. The third-order valence-corrected chi connectivity index (χ3v) is 12.9. The van der Waals surface area contributed by atoms with E-state index in [1.807, 2.05) is 50.2 Å². The maximum atomic E-state index is 13.2. The molecule has 5 fully saturated rings. The fourth-order valence-corrected chi connectivity index (χ4v) is 10.5. The molecule has 1 N–H and O–H groups in total. The summed E-state index contributed by atoms with van der Waals surface area (Å²) in [5, 5.41) is 11.2. The van der Waals surface area contributed by atoms with Crippen LogP contribution in [0, 0.1) is 0 Å². The summed E-state index contributed by atoms with van der Waals surface area (Å²) >= 11 is 6.93. The maximum absolute atomic E-state index is 13.2. The molecule has 7 heterocycles. The highest BCUT2D eigenvalue weighted by Gasteiger charge is 2.57. The van der Waals surface area contributed by atoms with Gasteiger partial charge in [0.25, 0.3) is 0 Å². The van der Waals surface area contributed by atoms with E-state index in [9.17, 15) is 13.6 Å². The Balaban J connectivity index is 0.000000334. The lowest BCUT2D eigenvalue weighted by Gasteiger charge is -2.42. The molecule has 11 rings (SSSR count). The topological polar surface area (TPSA) is 113 Å². The molecule has 14 heteroatoms. The van der Waals surface area contributed by atoms with Crippen molar-refractivity contribution < 1.29 is 23.0 Å². The number of halogens is 3. The lowest BCUT2D eigenvalue weighted by Crippen LogP contribution is -2.57. The Kier molecular flexibility index (Phi) is 9.54. The van der Waals surface area contributed by atoms with Gasteiger partial charge in [0.15, 0.2) is 0 Å². The van der Waals surface area contributed by atoms with Gasteiger partial charge in [0.1, 0.15) is 17.6 Å². The number of hydrogen-bond donors (Lipinski definition) is 1. The van der Waals surface area contributed by atoms with Crippen LogP contribution in [0.3, 0.4) is 0 Å². The number of methoxy groups -OCH3 is 1. The summed E-state index contributed by atoms with van der Waals surface area (Å²) in [6.45, 7) is 8.93. The predicted octanol–water partition coefficient (Wildman–Crippen LogP) is 8.66. The van der Waals surface area contributed by atoms with Gasteiger partial charge in [-0.25, -0.2) is 9.18 Å². The first-order chi connectivity index (χ1) is 27.5. The number of nitrogens with zero attached hydrogens (tertiary/aromatic N) is 7. The van der Waals surface area contributed by atoms with E-state index in [4.69, 9.17) is 36.0 Å². The number of aromatic nitrogens is 5. The molecular weight excluding hydrogens is 750 g/mol. The number of fused-ring (bicyclic) bond motifs is 10. The van der Waals surface area contributed by atoms with E-state index >= 15 is 0 Å². The molecule has 4 atom stereocenters. The van der Waals surface area contributed by atoms with Crippen molar-refractivity contribution in [2.45, 2.75) is 101 Å². The van der Waals surface area contributed by atoms with E-state index in [0.717, 1.165) is 94.2 Å². The van der Waals surface area contributed by atoms with Crippen LogP contribution in [0.2, 0.25) is 5.02 Å². The van der Waals surface area contributed by atoms with E-state index < -0.39 is 11.8 Å². The van der Waals surface area contributed by atoms with E-state index in [2.05, 4.69) is 38.2 Å². The second kappa shape index (κ2) is 14.3. The molecule has 4 saturated heterocycles. The van der Waals surface area contributed by atoms with Crippen molar-refractivity contribution in [3.8, 4) is 28.4 Å². The van der Waals surface area contributed by atoms with Crippen LogP contribution in [-0.4, -0.2) is 111 Å². The zero-order valence-corrected chi connectivity index (χ0v) is 33.9. The van der Waals surface area contributed by atoms with Crippen LogP contribution >= 0.6 is 11.6 Å². The van der Waals surface area contributed by atoms with E-state index in [-0.39, 0.29) is 23.6 Å². The Labute approximate surface area is 336 Å². The van der Waals surface area contributed by atoms with E-state index in [1.165, 1.54) is 18.4 Å². The van der Waals surface area contributed by atoms with Crippen molar-refractivity contribution in [2.75, 3.05) is 45.4 Å². The minimum Gasteiger partial charge on any atom is -0.467 e. The Morgan fingerprint density at radius 3 is 2.49 bits per heavy atom. The molecule has 0 radical (unpaired) electrons. The Bertz CT molecular complexity index is 2340. The second-order valence-electron chi connectivity index (χ2n) is 17.1. The molecular formula is C43H49ClF2N8O3. The molecule has 4 aliphatic heterocycles. The average molecular weight is 799 g/mol. The lowest BCUT2D eigenvalue weighted by atomic mass is 9.89. The molecule has 57 heavy (non-hydrogen) atoms. The summed E-state index contributed by atoms with van der Waals surface area (Å²) in [4.78, 5) is 35.0. The third kappa shape index (κ3) is 6.36. The quantitative estimate of drug-likeness (QED) is 0.192. The average Bonchev–Trinajstić information content (AvgIpc) is 3.51. The van der Waals surface area contributed by atoms with Gasteiger partial charge in [-0.3, -0.25) is 24.3 Å². The van der Waals surface area contributed by atoms with Gasteiger partial charge >= 0.3 is 12.1 Å². The summed E-state index contributed by atoms with van der Waals surface area (Å²) in [7, 11) is 2.12. The summed E-state index contributed by atoms with van der Waals surface area (Å²) in [6.07, 6.45) is 10.1. The van der Waals surface area contributed by atoms with Crippen LogP contribution in [0.4, 0.5) is 19.4 Å². The Morgan fingerprint density at radius 2 is 1.79 bits per heavy atom. The molecule has 5 aromatic rings. The number of aromatic amines is 1. The van der Waals surface area contributed by atoms with Crippen LogP contribution in [0.5, 0.6) is 6.01 Å². The highest BCUT2D eigenvalue weighted by Crippen LogP contribution is 2.66. The minimum absolute atomic E-state index is 0.0427. The van der Waals surface area contributed by atoms with Gasteiger partial charge in [-0.05, 0) is 107 Å². The molecule has 1 saturated carbocycles. The third-order valence-electron chi connectivity index (χ3n) is 12.6. The Morgan fingerprint density at radius 1 is 1.02 bits per heavy atom. The SMILES string of the molecule is CF.COc1nc(N2CC3CCC(C2)N3C(=O)OC(C)(C)C)c2c(n1)C1(CC1)c1c-2ccnc1-c1c2cn[nH]c2cc2cccc(Cl)c12.FC1CC2CCCN2C1. The lowest BCUT2D eigenvalue weighted by molar-refractivity contribution is 0.0122. The van der Waals surface area contributed by atoms with Gasteiger partial charge in [0.05, 0.1) is 49.5 Å². The molecule has 1 spiro atoms. The largest absolute Gasteiger partial charge is 0.467 e. The molecule has 6 aliphatic rings. The number of benzene rings is 2. The fraction of sp³-hybridized carbons (Fsp3) is 0.512. The number of ether oxygens (including phenoxy) is 2. The van der Waals surface area contributed by atoms with Crippen LogP contribution < -0.4 is 9.64 Å². The number of amides is 1. The normalized spacial score (nSPS) is 23.8. The summed E-state index contributed by atoms with van der Waals surface area (Å²) in [6, 6.07) is 11.2. The molecule has 2 bridgehead atoms.